The normalized spacial score (nSPS) is 51.4. The standard InChI is InChI=1S/C44H74O13/c1-21(13-12-16-40(5,6)52)25-14-17-43(10)26(25)19-27(56-38-34(50)32(48)30(46)22(2)53-38)36-42(9)20-28(57-39-35(51)33(49)31(47)23(3)54-39)37(55-24(4)45)41(7,8)29(42)15-18-44(36,43)11/h13,22-23,25-39,46-52H,12,14-20H2,1-11H3/b21-13+/t22-,23-,25-,26-,27-,28-,29+,30+,31+,32+,33+,34-,35-,36-,37-,38+,39+,42+,43-,44-/m1/s1. The molecule has 328 valence electrons. The topological polar surface area (TPSA) is 205 Å². The number of hydrogen-bond donors (Lipinski definition) is 7. The third kappa shape index (κ3) is 7.81. The number of hydrogen-bond acceptors (Lipinski definition) is 13. The fourth-order valence-corrected chi connectivity index (χ4v) is 13.5. The smallest absolute Gasteiger partial charge is 0.303 e. The van der Waals surface area contributed by atoms with Crippen LogP contribution in [-0.2, 0) is 28.5 Å². The summed E-state index contributed by atoms with van der Waals surface area (Å²) in [6, 6.07) is 0. The summed E-state index contributed by atoms with van der Waals surface area (Å²) in [4.78, 5) is 12.8. The summed E-state index contributed by atoms with van der Waals surface area (Å²) in [7, 11) is 0. The lowest BCUT2D eigenvalue weighted by Gasteiger charge is -2.72. The molecular formula is C44H74O13. The summed E-state index contributed by atoms with van der Waals surface area (Å²) < 4.78 is 31.9. The van der Waals surface area contributed by atoms with E-state index in [4.69, 9.17) is 23.7 Å². The van der Waals surface area contributed by atoms with Crippen LogP contribution >= 0.6 is 0 Å². The van der Waals surface area contributed by atoms with Gasteiger partial charge in [0, 0.05) is 12.3 Å². The zero-order valence-electron chi connectivity index (χ0n) is 36.1. The Balaban J connectivity index is 1.43. The molecule has 0 bridgehead atoms. The average molecular weight is 811 g/mol. The van der Waals surface area contributed by atoms with E-state index in [0.29, 0.717) is 19.3 Å². The van der Waals surface area contributed by atoms with Crippen molar-refractivity contribution >= 4 is 5.97 Å². The van der Waals surface area contributed by atoms with Gasteiger partial charge in [0.25, 0.3) is 0 Å². The quantitative estimate of drug-likeness (QED) is 0.101. The van der Waals surface area contributed by atoms with Crippen LogP contribution in [0.2, 0.25) is 0 Å². The van der Waals surface area contributed by atoms with Gasteiger partial charge in [-0.3, -0.25) is 4.79 Å². The first kappa shape index (κ1) is 45.3. The van der Waals surface area contributed by atoms with Crippen molar-refractivity contribution in [2.45, 2.75) is 213 Å². The number of esters is 1. The van der Waals surface area contributed by atoms with Gasteiger partial charge in [-0.05, 0) is 126 Å². The lowest BCUT2D eigenvalue weighted by molar-refractivity contribution is -0.351. The highest BCUT2D eigenvalue weighted by molar-refractivity contribution is 5.66. The Kier molecular flexibility index (Phi) is 12.6. The molecule has 2 saturated heterocycles. The second-order valence-electron chi connectivity index (χ2n) is 21.0. The third-order valence-corrected chi connectivity index (χ3v) is 16.5. The average Bonchev–Trinajstić information content (AvgIpc) is 3.45. The van der Waals surface area contributed by atoms with E-state index in [0.717, 1.165) is 32.1 Å². The fourth-order valence-electron chi connectivity index (χ4n) is 13.5. The zero-order valence-corrected chi connectivity index (χ0v) is 36.1. The molecule has 2 heterocycles. The highest BCUT2D eigenvalue weighted by Gasteiger charge is 2.73. The Morgan fingerprint density at radius 2 is 1.30 bits per heavy atom. The van der Waals surface area contributed by atoms with Gasteiger partial charge in [0.05, 0.1) is 30.0 Å². The Morgan fingerprint density at radius 1 is 0.772 bits per heavy atom. The van der Waals surface area contributed by atoms with Crippen LogP contribution in [0.1, 0.15) is 128 Å². The van der Waals surface area contributed by atoms with E-state index in [2.05, 4.69) is 47.6 Å². The van der Waals surface area contributed by atoms with Crippen molar-refractivity contribution in [2.24, 2.45) is 45.3 Å². The minimum Gasteiger partial charge on any atom is -0.459 e. The van der Waals surface area contributed by atoms with Crippen molar-refractivity contribution < 1.29 is 64.2 Å². The van der Waals surface area contributed by atoms with E-state index in [1.54, 1.807) is 13.8 Å². The third-order valence-electron chi connectivity index (χ3n) is 16.5. The van der Waals surface area contributed by atoms with Crippen LogP contribution in [0.4, 0.5) is 0 Å². The summed E-state index contributed by atoms with van der Waals surface area (Å²) in [5, 5.41) is 75.6. The second-order valence-corrected chi connectivity index (χ2v) is 21.0. The summed E-state index contributed by atoms with van der Waals surface area (Å²) in [5.74, 6) is -0.114. The van der Waals surface area contributed by atoms with E-state index in [-0.39, 0.29) is 34.5 Å². The molecule has 4 aliphatic carbocycles. The molecule has 6 aliphatic rings. The van der Waals surface area contributed by atoms with Crippen molar-refractivity contribution in [2.75, 3.05) is 0 Å². The van der Waals surface area contributed by atoms with Crippen molar-refractivity contribution in [3.8, 4) is 0 Å². The van der Waals surface area contributed by atoms with Gasteiger partial charge in [0.2, 0.25) is 0 Å². The molecule has 57 heavy (non-hydrogen) atoms. The van der Waals surface area contributed by atoms with Gasteiger partial charge in [-0.15, -0.1) is 0 Å². The van der Waals surface area contributed by atoms with Crippen LogP contribution in [0.25, 0.3) is 0 Å². The van der Waals surface area contributed by atoms with Crippen LogP contribution in [0.3, 0.4) is 0 Å². The molecule has 13 nitrogen and oxygen atoms in total. The Hall–Kier alpha value is -1.23. The molecule has 0 amide bonds. The minimum absolute atomic E-state index is 0.00580. The number of rotatable bonds is 9. The van der Waals surface area contributed by atoms with Gasteiger partial charge in [-0.25, -0.2) is 0 Å². The molecule has 2 aliphatic heterocycles. The van der Waals surface area contributed by atoms with Crippen molar-refractivity contribution in [1.82, 2.24) is 0 Å². The number of allylic oxidation sites excluding steroid dienone is 2. The van der Waals surface area contributed by atoms with E-state index in [9.17, 15) is 40.5 Å². The fraction of sp³-hybridized carbons (Fsp3) is 0.932. The second kappa shape index (κ2) is 15.9. The molecular weight excluding hydrogens is 736 g/mol. The van der Waals surface area contributed by atoms with Crippen molar-refractivity contribution in [3.63, 3.8) is 0 Å². The van der Waals surface area contributed by atoms with Gasteiger partial charge in [-0.1, -0.05) is 46.3 Å². The Morgan fingerprint density at radius 3 is 1.82 bits per heavy atom. The summed E-state index contributed by atoms with van der Waals surface area (Å²) in [6.45, 7) is 21.8. The summed E-state index contributed by atoms with van der Waals surface area (Å²) in [5.41, 5.74) is -1.08. The highest BCUT2D eigenvalue weighted by atomic mass is 16.7. The molecule has 0 aromatic carbocycles. The van der Waals surface area contributed by atoms with E-state index in [1.165, 1.54) is 12.5 Å². The number of aliphatic hydroxyl groups excluding tert-OH is 6. The Labute approximate surface area is 339 Å². The summed E-state index contributed by atoms with van der Waals surface area (Å²) in [6.07, 6.45) is -6.16. The van der Waals surface area contributed by atoms with Crippen LogP contribution in [-0.4, -0.2) is 127 Å². The van der Waals surface area contributed by atoms with Crippen LogP contribution < -0.4 is 0 Å². The van der Waals surface area contributed by atoms with Gasteiger partial charge >= 0.3 is 5.97 Å². The van der Waals surface area contributed by atoms with Crippen LogP contribution in [0, 0.1) is 45.3 Å². The maximum absolute atomic E-state index is 12.8. The van der Waals surface area contributed by atoms with Crippen molar-refractivity contribution in [1.29, 1.82) is 0 Å². The first-order valence-corrected chi connectivity index (χ1v) is 21.5. The number of ether oxygens (including phenoxy) is 5. The minimum atomic E-state index is -1.55. The molecule has 20 atom stereocenters. The van der Waals surface area contributed by atoms with E-state index in [1.807, 2.05) is 13.8 Å². The molecule has 0 unspecified atom stereocenters. The van der Waals surface area contributed by atoms with Gasteiger partial charge in [0.1, 0.15) is 42.7 Å². The van der Waals surface area contributed by atoms with Gasteiger partial charge in [-0.2, -0.15) is 0 Å². The SMILES string of the molecule is CC(=O)O[C@@H]1[C@H](O[C@@H]2O[C@H](C)[C@H](O)[C@H](O)[C@H]2O)C[C@]2(C)[C@H]3[C@H](O[C@@H]4O[C@H](C)[C@H](O)[C@H](O)[C@H]4O)C[C@@H]4[C@@H](/C(C)=C/CCC(C)(C)O)CC[C@@]4(C)[C@]3(C)CC[C@H]2C1(C)C. The van der Waals surface area contributed by atoms with Crippen LogP contribution in [0.15, 0.2) is 11.6 Å². The number of fused-ring (bicyclic) bond motifs is 5. The first-order chi connectivity index (χ1) is 26.3. The molecule has 7 N–H and O–H groups in total. The first-order valence-electron chi connectivity index (χ1n) is 21.5. The molecule has 0 aromatic heterocycles. The number of carbonyl (C=O) groups excluding carboxylic acids is 1. The van der Waals surface area contributed by atoms with Crippen LogP contribution in [0.5, 0.6) is 0 Å². The van der Waals surface area contributed by atoms with Gasteiger partial charge < -0.3 is 59.4 Å². The molecule has 0 spiro atoms. The number of aliphatic hydroxyl groups is 7. The van der Waals surface area contributed by atoms with E-state index >= 15 is 0 Å². The number of carbonyl (C=O) groups is 1. The van der Waals surface area contributed by atoms with E-state index < -0.39 is 102 Å². The van der Waals surface area contributed by atoms with Gasteiger partial charge in [0.15, 0.2) is 12.6 Å². The molecule has 0 radical (unpaired) electrons. The zero-order chi connectivity index (χ0) is 42.4. The highest BCUT2D eigenvalue weighted by Crippen LogP contribution is 2.76. The predicted molar refractivity (Wildman–Crippen MR) is 209 cm³/mol. The maximum Gasteiger partial charge on any atom is 0.303 e. The molecule has 4 saturated carbocycles. The predicted octanol–water partition coefficient (Wildman–Crippen LogP) is 3.75. The lowest BCUT2D eigenvalue weighted by Crippen LogP contribution is -2.71. The molecule has 6 fully saturated rings. The van der Waals surface area contributed by atoms with Crippen molar-refractivity contribution in [3.05, 3.63) is 11.6 Å². The molecule has 0 aromatic rings. The monoisotopic (exact) mass is 811 g/mol. The molecule has 6 rings (SSSR count). The molecule has 13 heteroatoms. The lowest BCUT2D eigenvalue weighted by atomic mass is 9.34. The Bertz CT molecular complexity index is 1480. The summed E-state index contributed by atoms with van der Waals surface area (Å²) >= 11 is 0. The maximum atomic E-state index is 12.8. The largest absolute Gasteiger partial charge is 0.459 e.